The van der Waals surface area contributed by atoms with E-state index in [0.29, 0.717) is 0 Å². The number of hydrogen-bond donors (Lipinski definition) is 0. The molecule has 0 aliphatic heterocycles. The molecule has 0 saturated carbocycles. The Kier molecular flexibility index (Phi) is 4.78. The van der Waals surface area contributed by atoms with Gasteiger partial charge in [0.15, 0.2) is 0 Å². The number of nitrogens with zero attached hydrogens (tertiary/aromatic N) is 1. The largest absolute Gasteiger partial charge is 0.325 e. The number of hydrogen-bond acceptors (Lipinski definition) is 0. The summed E-state index contributed by atoms with van der Waals surface area (Å²) in [5.74, 6) is 0. The Morgan fingerprint density at radius 1 is 1.45 bits per heavy atom. The first-order valence-electron chi connectivity index (χ1n) is 4.12. The summed E-state index contributed by atoms with van der Waals surface area (Å²) < 4.78 is 1.03. The summed E-state index contributed by atoms with van der Waals surface area (Å²) in [6, 6.07) is 0. The van der Waals surface area contributed by atoms with Crippen LogP contribution in [0.15, 0.2) is 11.1 Å². The summed E-state index contributed by atoms with van der Waals surface area (Å²) in [6.07, 6.45) is 3.30. The van der Waals surface area contributed by atoms with E-state index < -0.39 is 0 Å². The van der Waals surface area contributed by atoms with E-state index >= 15 is 0 Å². The lowest BCUT2D eigenvalue weighted by Gasteiger charge is -2.27. The first-order valence-corrected chi connectivity index (χ1v) is 4.50. The summed E-state index contributed by atoms with van der Waals surface area (Å²) >= 11 is 5.74. The third-order valence-corrected chi connectivity index (χ3v) is 1.85. The summed E-state index contributed by atoms with van der Waals surface area (Å²) in [6.45, 7) is 6.37. The van der Waals surface area contributed by atoms with E-state index in [-0.39, 0.29) is 0 Å². The van der Waals surface area contributed by atoms with Gasteiger partial charge in [-0.1, -0.05) is 18.5 Å². The van der Waals surface area contributed by atoms with E-state index in [9.17, 15) is 0 Å². The van der Waals surface area contributed by atoms with Crippen LogP contribution in [0.5, 0.6) is 0 Å². The monoisotopic (exact) mass is 176 g/mol. The van der Waals surface area contributed by atoms with Gasteiger partial charge in [0.2, 0.25) is 0 Å². The molecule has 0 fully saturated rings. The summed E-state index contributed by atoms with van der Waals surface area (Å²) in [4.78, 5) is 0. The second-order valence-electron chi connectivity index (χ2n) is 3.63. The molecule has 0 aliphatic carbocycles. The fourth-order valence-electron chi connectivity index (χ4n) is 1.07. The molecule has 0 bridgehead atoms. The summed E-state index contributed by atoms with van der Waals surface area (Å²) in [5.41, 5.74) is 0. The Bertz CT molecular complexity index is 134. The first-order chi connectivity index (χ1) is 4.98. The van der Waals surface area contributed by atoms with Crippen molar-refractivity contribution in [1.29, 1.82) is 0 Å². The minimum atomic E-state index is 0.896. The standard InChI is InChI=1S/C9H19ClN/c1-5-7-11(3,4)8-6-9(2)10/h6H,5,7-8H2,1-4H3/q+1/b9-6-. The molecule has 0 N–H and O–H groups in total. The highest BCUT2D eigenvalue weighted by Gasteiger charge is 2.10. The van der Waals surface area contributed by atoms with Crippen LogP contribution in [0, 0.1) is 0 Å². The van der Waals surface area contributed by atoms with Gasteiger partial charge in [-0.2, -0.15) is 0 Å². The average Bonchev–Trinajstić information content (AvgIpc) is 1.84. The summed E-state index contributed by atoms with van der Waals surface area (Å²) in [7, 11) is 4.44. The lowest BCUT2D eigenvalue weighted by molar-refractivity contribution is -0.884. The Labute approximate surface area is 75.2 Å². The molecule has 0 aliphatic rings. The number of allylic oxidation sites excluding steroid dienone is 1. The lowest BCUT2D eigenvalue weighted by Crippen LogP contribution is -2.40. The fourth-order valence-corrected chi connectivity index (χ4v) is 1.14. The molecule has 0 heterocycles. The van der Waals surface area contributed by atoms with Gasteiger partial charge in [0.25, 0.3) is 0 Å². The zero-order valence-electron chi connectivity index (χ0n) is 8.02. The minimum Gasteiger partial charge on any atom is -0.325 e. The molecule has 0 rings (SSSR count). The predicted molar refractivity (Wildman–Crippen MR) is 51.7 cm³/mol. The van der Waals surface area contributed by atoms with Crippen molar-refractivity contribution in [3.8, 4) is 0 Å². The molecular weight excluding hydrogens is 158 g/mol. The molecule has 0 saturated heterocycles. The molecule has 0 aromatic carbocycles. The van der Waals surface area contributed by atoms with Gasteiger partial charge in [-0.15, -0.1) is 0 Å². The highest BCUT2D eigenvalue weighted by molar-refractivity contribution is 6.29. The average molecular weight is 177 g/mol. The predicted octanol–water partition coefficient (Wildman–Crippen LogP) is 2.62. The molecule has 0 aromatic heterocycles. The van der Waals surface area contributed by atoms with E-state index in [1.807, 2.05) is 6.92 Å². The summed E-state index contributed by atoms with van der Waals surface area (Å²) in [5, 5.41) is 0.896. The van der Waals surface area contributed by atoms with Crippen molar-refractivity contribution in [1.82, 2.24) is 0 Å². The van der Waals surface area contributed by atoms with Gasteiger partial charge in [-0.05, 0) is 19.4 Å². The Morgan fingerprint density at radius 3 is 2.36 bits per heavy atom. The maximum atomic E-state index is 5.74. The second kappa shape index (κ2) is 4.78. The third kappa shape index (κ3) is 6.39. The van der Waals surface area contributed by atoms with Crippen LogP contribution in [-0.2, 0) is 0 Å². The second-order valence-corrected chi connectivity index (χ2v) is 4.23. The van der Waals surface area contributed by atoms with Crippen LogP contribution >= 0.6 is 11.6 Å². The van der Waals surface area contributed by atoms with Crippen LogP contribution in [0.3, 0.4) is 0 Å². The van der Waals surface area contributed by atoms with Gasteiger partial charge in [-0.3, -0.25) is 0 Å². The van der Waals surface area contributed by atoms with Gasteiger partial charge in [0, 0.05) is 5.03 Å². The number of likely N-dealkylation sites (N-methyl/N-ethyl adjacent to an activating group) is 1. The van der Waals surface area contributed by atoms with Crippen LogP contribution in [0.25, 0.3) is 0 Å². The van der Waals surface area contributed by atoms with Crippen molar-refractivity contribution >= 4 is 11.6 Å². The molecule has 0 radical (unpaired) electrons. The molecular formula is C9H19ClN+. The van der Waals surface area contributed by atoms with E-state index in [0.717, 1.165) is 16.1 Å². The molecule has 0 amide bonds. The van der Waals surface area contributed by atoms with Gasteiger partial charge < -0.3 is 4.48 Å². The quantitative estimate of drug-likeness (QED) is 0.578. The third-order valence-electron chi connectivity index (χ3n) is 1.70. The number of rotatable bonds is 4. The molecule has 2 heteroatoms. The molecule has 0 aromatic rings. The van der Waals surface area contributed by atoms with Gasteiger partial charge in [0.05, 0.1) is 27.2 Å². The zero-order chi connectivity index (χ0) is 8.91. The van der Waals surface area contributed by atoms with Crippen LogP contribution < -0.4 is 0 Å². The Balaban J connectivity index is 3.81. The molecule has 0 unspecified atom stereocenters. The van der Waals surface area contributed by atoms with Gasteiger partial charge in [-0.25, -0.2) is 0 Å². The fraction of sp³-hybridized carbons (Fsp3) is 0.778. The normalized spacial score (nSPS) is 13.7. The molecule has 0 spiro atoms. The first kappa shape index (κ1) is 11.0. The van der Waals surface area contributed by atoms with Crippen LogP contribution in [-0.4, -0.2) is 31.7 Å². The molecule has 0 atom stereocenters. The Hall–Kier alpha value is -0.0100. The highest BCUT2D eigenvalue weighted by atomic mass is 35.5. The van der Waals surface area contributed by atoms with Crippen LogP contribution in [0.2, 0.25) is 0 Å². The number of halogens is 1. The van der Waals surface area contributed by atoms with Gasteiger partial charge >= 0.3 is 0 Å². The minimum absolute atomic E-state index is 0.896. The lowest BCUT2D eigenvalue weighted by atomic mass is 10.3. The SMILES string of the molecule is CCC[N+](C)(C)C/C=C(/C)Cl. The molecule has 11 heavy (non-hydrogen) atoms. The van der Waals surface area contributed by atoms with E-state index in [2.05, 4.69) is 27.1 Å². The van der Waals surface area contributed by atoms with Crippen molar-refractivity contribution in [3.63, 3.8) is 0 Å². The maximum Gasteiger partial charge on any atom is 0.0983 e. The van der Waals surface area contributed by atoms with Crippen molar-refractivity contribution in [2.45, 2.75) is 20.3 Å². The van der Waals surface area contributed by atoms with E-state index in [4.69, 9.17) is 11.6 Å². The van der Waals surface area contributed by atoms with Gasteiger partial charge in [0.1, 0.15) is 0 Å². The van der Waals surface area contributed by atoms with Crippen LogP contribution in [0.1, 0.15) is 20.3 Å². The molecule has 1 nitrogen and oxygen atoms in total. The highest BCUT2D eigenvalue weighted by Crippen LogP contribution is 2.03. The van der Waals surface area contributed by atoms with Crippen molar-refractivity contribution in [2.24, 2.45) is 0 Å². The van der Waals surface area contributed by atoms with Crippen molar-refractivity contribution in [2.75, 3.05) is 27.2 Å². The topological polar surface area (TPSA) is 0 Å². The van der Waals surface area contributed by atoms with E-state index in [1.54, 1.807) is 0 Å². The maximum absolute atomic E-state index is 5.74. The molecule has 66 valence electrons. The van der Waals surface area contributed by atoms with E-state index in [1.165, 1.54) is 13.0 Å². The smallest absolute Gasteiger partial charge is 0.0983 e. The van der Waals surface area contributed by atoms with Crippen molar-refractivity contribution in [3.05, 3.63) is 11.1 Å². The number of quaternary nitrogens is 1. The van der Waals surface area contributed by atoms with Crippen LogP contribution in [0.4, 0.5) is 0 Å². The van der Waals surface area contributed by atoms with Crippen molar-refractivity contribution < 1.29 is 4.48 Å². The zero-order valence-corrected chi connectivity index (χ0v) is 8.78. The Morgan fingerprint density at radius 2 is 2.00 bits per heavy atom.